The molecule has 0 aromatic carbocycles. The molecule has 0 spiro atoms. The number of rotatable bonds is 1. The quantitative estimate of drug-likeness (QED) is 0.792. The third-order valence-corrected chi connectivity index (χ3v) is 2.77. The lowest BCUT2D eigenvalue weighted by Crippen LogP contribution is -2.55. The maximum Gasteiger partial charge on any atom is 0.0558 e. The summed E-state index contributed by atoms with van der Waals surface area (Å²) in [5, 5.41) is 3.42. The van der Waals surface area contributed by atoms with Gasteiger partial charge in [-0.25, -0.2) is 0 Å². The minimum absolute atomic E-state index is 0. The van der Waals surface area contributed by atoms with E-state index in [4.69, 9.17) is 0 Å². The van der Waals surface area contributed by atoms with Gasteiger partial charge in [0.15, 0.2) is 0 Å². The maximum atomic E-state index is 4.17. The van der Waals surface area contributed by atoms with Crippen molar-refractivity contribution in [3.8, 4) is 0 Å². The van der Waals surface area contributed by atoms with Crippen molar-refractivity contribution in [2.24, 2.45) is 0 Å². The minimum Gasteiger partial charge on any atom is -0.362 e. The Morgan fingerprint density at radius 2 is 2.00 bits per heavy atom. The van der Waals surface area contributed by atoms with Gasteiger partial charge in [-0.1, -0.05) is 0 Å². The fraction of sp³-hybridized carbons (Fsp3) is 0.545. The number of halogens is 1. The van der Waals surface area contributed by atoms with Crippen LogP contribution in [0.1, 0.15) is 13.8 Å². The minimum atomic E-state index is 0. The van der Waals surface area contributed by atoms with E-state index in [0.29, 0.717) is 12.1 Å². The lowest BCUT2D eigenvalue weighted by Gasteiger charge is -2.41. The Balaban J connectivity index is 0.00000112. The molecule has 1 aliphatic rings. The molecule has 84 valence electrons. The Bertz CT molecular complexity index is 281. The van der Waals surface area contributed by atoms with Crippen LogP contribution in [0.25, 0.3) is 0 Å². The smallest absolute Gasteiger partial charge is 0.0558 e. The van der Waals surface area contributed by atoms with Gasteiger partial charge in [-0.05, 0) is 26.0 Å². The largest absolute Gasteiger partial charge is 0.362 e. The predicted molar refractivity (Wildman–Crippen MR) is 65.8 cm³/mol. The van der Waals surface area contributed by atoms with Gasteiger partial charge >= 0.3 is 0 Å². The van der Waals surface area contributed by atoms with Crippen LogP contribution in [0.3, 0.4) is 0 Å². The van der Waals surface area contributed by atoms with Crippen LogP contribution in [0.15, 0.2) is 24.5 Å². The van der Waals surface area contributed by atoms with Crippen LogP contribution >= 0.6 is 12.4 Å². The second-order valence-electron chi connectivity index (χ2n) is 3.97. The van der Waals surface area contributed by atoms with Crippen LogP contribution in [-0.2, 0) is 0 Å². The SMILES string of the molecule is C[C@@H]1CNC[C@H](C)N1c1cccnc1.Cl. The molecule has 1 aromatic rings. The van der Waals surface area contributed by atoms with Crippen molar-refractivity contribution in [2.45, 2.75) is 25.9 Å². The normalized spacial score (nSPS) is 25.9. The van der Waals surface area contributed by atoms with Gasteiger partial charge in [-0.3, -0.25) is 4.98 Å². The van der Waals surface area contributed by atoms with E-state index in [1.54, 1.807) is 0 Å². The number of nitrogens with zero attached hydrogens (tertiary/aromatic N) is 2. The van der Waals surface area contributed by atoms with Crippen molar-refractivity contribution < 1.29 is 0 Å². The zero-order chi connectivity index (χ0) is 9.97. The van der Waals surface area contributed by atoms with Crippen molar-refractivity contribution in [3.63, 3.8) is 0 Å². The van der Waals surface area contributed by atoms with Gasteiger partial charge in [-0.2, -0.15) is 0 Å². The van der Waals surface area contributed by atoms with Gasteiger partial charge in [0.2, 0.25) is 0 Å². The van der Waals surface area contributed by atoms with E-state index in [1.807, 2.05) is 18.5 Å². The molecule has 0 amide bonds. The molecule has 3 nitrogen and oxygen atoms in total. The van der Waals surface area contributed by atoms with Crippen molar-refractivity contribution in [3.05, 3.63) is 24.5 Å². The number of piperazine rings is 1. The lowest BCUT2D eigenvalue weighted by molar-refractivity contribution is 0.431. The molecule has 1 aliphatic heterocycles. The van der Waals surface area contributed by atoms with E-state index in [9.17, 15) is 0 Å². The van der Waals surface area contributed by atoms with Gasteiger partial charge in [0, 0.05) is 31.4 Å². The first-order valence-corrected chi connectivity index (χ1v) is 5.18. The molecule has 2 rings (SSSR count). The Morgan fingerprint density at radius 3 is 2.53 bits per heavy atom. The van der Waals surface area contributed by atoms with Crippen LogP contribution in [0.2, 0.25) is 0 Å². The van der Waals surface area contributed by atoms with Gasteiger partial charge in [0.05, 0.1) is 11.9 Å². The van der Waals surface area contributed by atoms with Crippen molar-refractivity contribution >= 4 is 18.1 Å². The molecule has 15 heavy (non-hydrogen) atoms. The maximum absolute atomic E-state index is 4.17. The first kappa shape index (κ1) is 12.3. The van der Waals surface area contributed by atoms with Crippen LogP contribution in [0.4, 0.5) is 5.69 Å². The molecule has 4 heteroatoms. The zero-order valence-electron chi connectivity index (χ0n) is 9.18. The van der Waals surface area contributed by atoms with Gasteiger partial charge in [0.25, 0.3) is 0 Å². The monoisotopic (exact) mass is 227 g/mol. The number of nitrogens with one attached hydrogen (secondary N) is 1. The fourth-order valence-corrected chi connectivity index (χ4v) is 2.15. The molecule has 1 N–H and O–H groups in total. The van der Waals surface area contributed by atoms with Gasteiger partial charge < -0.3 is 10.2 Å². The molecule has 2 heterocycles. The summed E-state index contributed by atoms with van der Waals surface area (Å²) >= 11 is 0. The van der Waals surface area contributed by atoms with Gasteiger partial charge in [-0.15, -0.1) is 12.4 Å². The highest BCUT2D eigenvalue weighted by molar-refractivity contribution is 5.85. The summed E-state index contributed by atoms with van der Waals surface area (Å²) in [6, 6.07) is 5.22. The van der Waals surface area contributed by atoms with Crippen LogP contribution in [-0.4, -0.2) is 30.2 Å². The number of aromatic nitrogens is 1. The Morgan fingerprint density at radius 1 is 1.33 bits per heavy atom. The average molecular weight is 228 g/mol. The lowest BCUT2D eigenvalue weighted by atomic mass is 10.1. The first-order chi connectivity index (χ1) is 6.79. The number of hydrogen-bond acceptors (Lipinski definition) is 3. The summed E-state index contributed by atoms with van der Waals surface area (Å²) in [6.07, 6.45) is 3.76. The molecular weight excluding hydrogens is 210 g/mol. The second kappa shape index (κ2) is 5.33. The third kappa shape index (κ3) is 2.61. The van der Waals surface area contributed by atoms with E-state index in [2.05, 4.69) is 35.1 Å². The molecule has 0 radical (unpaired) electrons. The van der Waals surface area contributed by atoms with E-state index in [1.165, 1.54) is 5.69 Å². The summed E-state index contributed by atoms with van der Waals surface area (Å²) in [5.41, 5.74) is 1.23. The molecule has 0 aliphatic carbocycles. The van der Waals surface area contributed by atoms with Crippen LogP contribution in [0, 0.1) is 0 Å². The van der Waals surface area contributed by atoms with E-state index in [0.717, 1.165) is 13.1 Å². The number of pyridine rings is 1. The second-order valence-corrected chi connectivity index (χ2v) is 3.97. The Hall–Kier alpha value is -0.800. The Kier molecular flexibility index (Phi) is 4.36. The average Bonchev–Trinajstić information content (AvgIpc) is 2.19. The molecule has 1 aromatic heterocycles. The van der Waals surface area contributed by atoms with E-state index >= 15 is 0 Å². The van der Waals surface area contributed by atoms with Crippen molar-refractivity contribution in [1.82, 2.24) is 10.3 Å². The predicted octanol–water partition coefficient (Wildman–Crippen LogP) is 1.69. The topological polar surface area (TPSA) is 28.2 Å². The van der Waals surface area contributed by atoms with Crippen molar-refractivity contribution in [1.29, 1.82) is 0 Å². The summed E-state index contributed by atoms with van der Waals surface area (Å²) < 4.78 is 0. The first-order valence-electron chi connectivity index (χ1n) is 5.18. The number of hydrogen-bond donors (Lipinski definition) is 1. The summed E-state index contributed by atoms with van der Waals surface area (Å²) in [6.45, 7) is 6.60. The van der Waals surface area contributed by atoms with Gasteiger partial charge in [0.1, 0.15) is 0 Å². The van der Waals surface area contributed by atoms with Crippen molar-refractivity contribution in [2.75, 3.05) is 18.0 Å². The molecule has 0 unspecified atom stereocenters. The molecule has 1 saturated heterocycles. The third-order valence-electron chi connectivity index (χ3n) is 2.77. The summed E-state index contributed by atoms with van der Waals surface area (Å²) in [4.78, 5) is 6.60. The molecule has 1 fully saturated rings. The molecule has 2 atom stereocenters. The van der Waals surface area contributed by atoms with Crippen LogP contribution in [0.5, 0.6) is 0 Å². The van der Waals surface area contributed by atoms with E-state index < -0.39 is 0 Å². The molecular formula is C11H18ClN3. The fourth-order valence-electron chi connectivity index (χ4n) is 2.15. The Labute approximate surface area is 97.3 Å². The highest BCUT2D eigenvalue weighted by Gasteiger charge is 2.24. The highest BCUT2D eigenvalue weighted by atomic mass is 35.5. The summed E-state index contributed by atoms with van der Waals surface area (Å²) in [7, 11) is 0. The van der Waals surface area contributed by atoms with Crippen LogP contribution < -0.4 is 10.2 Å². The van der Waals surface area contributed by atoms with E-state index in [-0.39, 0.29) is 12.4 Å². The highest BCUT2D eigenvalue weighted by Crippen LogP contribution is 2.20. The molecule has 0 bridgehead atoms. The zero-order valence-corrected chi connectivity index (χ0v) is 10.00. The number of anilines is 1. The molecule has 0 saturated carbocycles. The standard InChI is InChI=1S/C11H17N3.ClH/c1-9-6-13-7-10(2)14(9)11-4-3-5-12-8-11;/h3-5,8-10,13H,6-7H2,1-2H3;1H/t9-,10+;. The summed E-state index contributed by atoms with van der Waals surface area (Å²) in [5.74, 6) is 0.